The van der Waals surface area contributed by atoms with Gasteiger partial charge in [-0.05, 0) is 72.6 Å². The molecule has 2 fully saturated rings. The molecule has 1 amide bonds. The van der Waals surface area contributed by atoms with E-state index in [1.54, 1.807) is 25.5 Å². The molecule has 4 aliphatic rings. The number of nitrogens with one attached hydrogen (secondary N) is 1. The Balaban J connectivity index is 0.937. The van der Waals surface area contributed by atoms with Crippen molar-refractivity contribution in [1.82, 2.24) is 24.4 Å². The number of hydrogen-bond donors (Lipinski definition) is 1. The number of amides is 1. The number of ether oxygens (including phenoxy) is 1. The lowest BCUT2D eigenvalue weighted by atomic mass is 9.83. The number of rotatable bonds is 8. The molecule has 0 aliphatic carbocycles. The van der Waals surface area contributed by atoms with Gasteiger partial charge in [-0.15, -0.1) is 0 Å². The molecule has 3 aromatic rings. The Morgan fingerprint density at radius 1 is 0.864 bits per heavy atom. The summed E-state index contributed by atoms with van der Waals surface area (Å²) in [5.74, 6) is 2.25. The number of aromatic nitrogens is 2. The first-order valence-electron chi connectivity index (χ1n) is 15.8. The highest BCUT2D eigenvalue weighted by Gasteiger charge is 2.36. The number of methoxy groups -OCH3 is 1. The molecule has 44 heavy (non-hydrogen) atoms. The summed E-state index contributed by atoms with van der Waals surface area (Å²) in [6, 6.07) is 17.2. The van der Waals surface area contributed by atoms with E-state index in [-0.39, 0.29) is 29.5 Å². The van der Waals surface area contributed by atoms with Gasteiger partial charge < -0.3 is 18.8 Å². The van der Waals surface area contributed by atoms with Crippen LogP contribution < -0.4 is 21.3 Å². The van der Waals surface area contributed by atoms with Gasteiger partial charge in [0.2, 0.25) is 0 Å². The molecule has 0 unspecified atom stereocenters. The van der Waals surface area contributed by atoms with Gasteiger partial charge in [0.1, 0.15) is 5.75 Å². The zero-order valence-corrected chi connectivity index (χ0v) is 25.2. The number of hydrazone groups is 1. The summed E-state index contributed by atoms with van der Waals surface area (Å²) in [6.45, 7) is 6.24. The minimum Gasteiger partial charge on any atom is -0.496 e. The molecule has 4 atom stereocenters. The Kier molecular flexibility index (Phi) is 7.95. The topological polar surface area (TPSA) is 101 Å². The third-order valence-electron chi connectivity index (χ3n) is 9.88. The highest BCUT2D eigenvalue weighted by atomic mass is 16.5. The fourth-order valence-corrected chi connectivity index (χ4v) is 8.07. The summed E-state index contributed by atoms with van der Waals surface area (Å²) in [4.78, 5) is 42.1. The molecular formula is C34H40N6O4. The normalized spacial score (nSPS) is 24.5. The Morgan fingerprint density at radius 3 is 2.16 bits per heavy atom. The third-order valence-corrected chi connectivity index (χ3v) is 9.88. The van der Waals surface area contributed by atoms with Crippen molar-refractivity contribution in [2.45, 2.75) is 44.2 Å². The van der Waals surface area contributed by atoms with Crippen LogP contribution >= 0.6 is 0 Å². The van der Waals surface area contributed by atoms with Gasteiger partial charge in [-0.2, -0.15) is 5.10 Å². The van der Waals surface area contributed by atoms with Crippen molar-refractivity contribution in [3.63, 3.8) is 0 Å². The fraction of sp³-hybridized carbons (Fsp3) is 0.471. The number of fused-ring (bicyclic) bond motifs is 8. The molecule has 0 spiro atoms. The number of hydrogen-bond acceptors (Lipinski definition) is 7. The summed E-state index contributed by atoms with van der Waals surface area (Å²) < 4.78 is 9.55. The second kappa shape index (κ2) is 12.2. The predicted molar refractivity (Wildman–Crippen MR) is 168 cm³/mol. The smallest absolute Gasteiger partial charge is 0.254 e. The monoisotopic (exact) mass is 596 g/mol. The van der Waals surface area contributed by atoms with E-state index in [1.165, 1.54) is 5.69 Å². The summed E-state index contributed by atoms with van der Waals surface area (Å²) in [6.07, 6.45) is 4.74. The Hall–Kier alpha value is -4.02. The summed E-state index contributed by atoms with van der Waals surface area (Å²) in [7, 11) is 1.69. The van der Waals surface area contributed by atoms with Crippen LogP contribution in [-0.2, 0) is 24.3 Å². The first-order chi connectivity index (χ1) is 21.4. The lowest BCUT2D eigenvalue weighted by Gasteiger charge is -2.42. The number of piperidine rings is 2. The lowest BCUT2D eigenvalue weighted by molar-refractivity contribution is -0.122. The van der Waals surface area contributed by atoms with Crippen molar-refractivity contribution >= 4 is 12.1 Å². The Morgan fingerprint density at radius 2 is 1.50 bits per heavy atom. The lowest BCUT2D eigenvalue weighted by Crippen LogP contribution is -2.49. The first kappa shape index (κ1) is 28.7. The van der Waals surface area contributed by atoms with Gasteiger partial charge in [-0.25, -0.2) is 5.43 Å². The maximum atomic E-state index is 12.8. The van der Waals surface area contributed by atoms with Gasteiger partial charge >= 0.3 is 0 Å². The van der Waals surface area contributed by atoms with Crippen LogP contribution in [0.1, 0.15) is 47.2 Å². The van der Waals surface area contributed by atoms with Crippen LogP contribution in [0.25, 0.3) is 0 Å². The zero-order valence-electron chi connectivity index (χ0n) is 25.2. The maximum absolute atomic E-state index is 12.8. The van der Waals surface area contributed by atoms with Crippen molar-refractivity contribution in [3.05, 3.63) is 97.8 Å². The van der Waals surface area contributed by atoms with Crippen molar-refractivity contribution in [3.8, 4) is 5.75 Å². The number of carbonyl (C=O) groups is 1. The summed E-state index contributed by atoms with van der Waals surface area (Å²) in [5, 5.41) is 4.26. The standard InChI is InChI=1S/C34H40N6O4/c1-44-31-9-8-23(12-26(31)10-11-37-16-24-13-27(20-37)29-4-2-6-33(42)39(29)18-24)15-35-36-32(41)22-38-17-25-14-28(21-38)30-5-3-7-34(43)40(30)19-25/h2-9,12,15,24-25,27-28H,10-11,13-14,16-22H2,1H3,(H,36,41)/b35-15+/t24-,25+,27-,28+/m1/s1. The highest BCUT2D eigenvalue weighted by molar-refractivity contribution is 5.83. The van der Waals surface area contributed by atoms with Crippen LogP contribution in [0.15, 0.2) is 69.3 Å². The van der Waals surface area contributed by atoms with Crippen molar-refractivity contribution in [1.29, 1.82) is 0 Å². The molecule has 4 bridgehead atoms. The SMILES string of the molecule is COc1ccc(/C=N/NC(=O)CN2C[C@@H]3C[C@@H](C2)c2cccc(=O)n2C3)cc1CCN1C[C@H]2C[C@H](C1)c1cccc(=O)n1C2. The van der Waals surface area contributed by atoms with Gasteiger partial charge in [0, 0.05) is 81.2 Å². The molecule has 2 saturated heterocycles. The molecule has 10 nitrogen and oxygen atoms in total. The van der Waals surface area contributed by atoms with Crippen LogP contribution in [0.2, 0.25) is 0 Å². The number of carbonyl (C=O) groups excluding carboxylic acids is 1. The van der Waals surface area contributed by atoms with Crippen molar-refractivity contribution in [2.24, 2.45) is 16.9 Å². The summed E-state index contributed by atoms with van der Waals surface area (Å²) in [5.41, 5.74) is 7.15. The molecular weight excluding hydrogens is 556 g/mol. The van der Waals surface area contributed by atoms with E-state index < -0.39 is 0 Å². The number of pyridine rings is 2. The second-order valence-electron chi connectivity index (χ2n) is 13.0. The van der Waals surface area contributed by atoms with E-state index in [0.717, 1.165) is 87.6 Å². The molecule has 10 heteroatoms. The average molecular weight is 597 g/mol. The molecule has 7 rings (SSSR count). The van der Waals surface area contributed by atoms with Crippen molar-refractivity contribution < 1.29 is 9.53 Å². The van der Waals surface area contributed by atoms with Crippen LogP contribution in [0.3, 0.4) is 0 Å². The molecule has 0 saturated carbocycles. The average Bonchev–Trinajstić information content (AvgIpc) is 3.01. The summed E-state index contributed by atoms with van der Waals surface area (Å²) >= 11 is 0. The van der Waals surface area contributed by atoms with Gasteiger partial charge in [0.25, 0.3) is 17.0 Å². The number of nitrogens with zero attached hydrogens (tertiary/aromatic N) is 5. The minimum absolute atomic E-state index is 0.0680. The van der Waals surface area contributed by atoms with Gasteiger partial charge in [-0.1, -0.05) is 12.1 Å². The van der Waals surface area contributed by atoms with E-state index in [2.05, 4.69) is 32.5 Å². The largest absolute Gasteiger partial charge is 0.496 e. The van der Waals surface area contributed by atoms with E-state index >= 15 is 0 Å². The van der Waals surface area contributed by atoms with Crippen molar-refractivity contribution in [2.75, 3.05) is 46.4 Å². The molecule has 1 N–H and O–H groups in total. The maximum Gasteiger partial charge on any atom is 0.254 e. The predicted octanol–water partition coefficient (Wildman–Crippen LogP) is 2.25. The van der Waals surface area contributed by atoms with E-state index in [1.807, 2.05) is 39.5 Å². The van der Waals surface area contributed by atoms with E-state index in [9.17, 15) is 14.4 Å². The van der Waals surface area contributed by atoms with Crippen LogP contribution in [-0.4, -0.2) is 77.4 Å². The quantitative estimate of drug-likeness (QED) is 0.316. The number of likely N-dealkylation sites (tertiary alicyclic amines) is 2. The molecule has 1 aromatic carbocycles. The third kappa shape index (κ3) is 5.88. The molecule has 2 aromatic heterocycles. The van der Waals surface area contributed by atoms with Gasteiger partial charge in [0.15, 0.2) is 0 Å². The Bertz CT molecular complexity index is 1700. The first-order valence-corrected chi connectivity index (χ1v) is 15.8. The highest BCUT2D eigenvalue weighted by Crippen LogP contribution is 2.36. The van der Waals surface area contributed by atoms with E-state index in [4.69, 9.17) is 4.74 Å². The molecule has 0 radical (unpaired) electrons. The number of benzene rings is 1. The molecule has 4 aliphatic heterocycles. The minimum atomic E-state index is -0.139. The Labute approximate surface area is 256 Å². The van der Waals surface area contributed by atoms with Gasteiger partial charge in [0.05, 0.1) is 19.9 Å². The van der Waals surface area contributed by atoms with Crippen LogP contribution in [0.5, 0.6) is 5.75 Å². The fourth-order valence-electron chi connectivity index (χ4n) is 8.07. The molecule has 230 valence electrons. The second-order valence-corrected chi connectivity index (χ2v) is 13.0. The van der Waals surface area contributed by atoms with Crippen LogP contribution in [0, 0.1) is 11.8 Å². The molecule has 6 heterocycles. The van der Waals surface area contributed by atoms with Gasteiger partial charge in [-0.3, -0.25) is 19.3 Å². The van der Waals surface area contributed by atoms with Crippen LogP contribution in [0.4, 0.5) is 0 Å². The zero-order chi connectivity index (χ0) is 30.2. The van der Waals surface area contributed by atoms with E-state index in [0.29, 0.717) is 17.8 Å².